The smallest absolute Gasteiger partial charge is 0.358 e. The van der Waals surface area contributed by atoms with Gasteiger partial charge >= 0.3 is 5.82 Å². The first-order valence-electron chi connectivity index (χ1n) is 5.81. The molecule has 0 saturated heterocycles. The zero-order valence-corrected chi connectivity index (χ0v) is 10.2. The molecule has 3 aromatic rings. The number of nitro groups is 1. The fourth-order valence-electron chi connectivity index (χ4n) is 1.86. The van der Waals surface area contributed by atoms with E-state index in [0.717, 1.165) is 22.4 Å². The summed E-state index contributed by atoms with van der Waals surface area (Å²) >= 11 is 0. The van der Waals surface area contributed by atoms with Crippen molar-refractivity contribution < 1.29 is 4.92 Å². The van der Waals surface area contributed by atoms with Gasteiger partial charge in [0.2, 0.25) is 0 Å². The van der Waals surface area contributed by atoms with Gasteiger partial charge in [0.25, 0.3) is 0 Å². The van der Waals surface area contributed by atoms with Crippen molar-refractivity contribution in [1.82, 2.24) is 20.4 Å². The third-order valence-electron chi connectivity index (χ3n) is 2.84. The van der Waals surface area contributed by atoms with Crippen molar-refractivity contribution in [2.24, 2.45) is 0 Å². The summed E-state index contributed by atoms with van der Waals surface area (Å²) < 4.78 is 0. The SMILES string of the molecule is O=[N+]([O-])c1ccc(-c2cccc(-c3cn[nH]n3)c2)cn1. The van der Waals surface area contributed by atoms with Gasteiger partial charge < -0.3 is 10.1 Å². The second-order valence-corrected chi connectivity index (χ2v) is 4.10. The molecule has 3 rings (SSSR count). The molecule has 1 aromatic carbocycles. The zero-order valence-electron chi connectivity index (χ0n) is 10.2. The first-order chi connectivity index (χ1) is 9.74. The van der Waals surface area contributed by atoms with Gasteiger partial charge in [-0.15, -0.1) is 0 Å². The van der Waals surface area contributed by atoms with Crippen LogP contribution in [-0.2, 0) is 0 Å². The minimum atomic E-state index is -0.518. The highest BCUT2D eigenvalue weighted by Crippen LogP contribution is 2.25. The molecular weight excluding hydrogens is 258 g/mol. The number of H-pyrrole nitrogens is 1. The fourth-order valence-corrected chi connectivity index (χ4v) is 1.86. The van der Waals surface area contributed by atoms with Crippen LogP contribution in [0.1, 0.15) is 0 Å². The van der Waals surface area contributed by atoms with Crippen molar-refractivity contribution in [3.63, 3.8) is 0 Å². The summed E-state index contributed by atoms with van der Waals surface area (Å²) in [6.45, 7) is 0. The molecule has 0 bridgehead atoms. The minimum absolute atomic E-state index is 0.165. The molecule has 2 heterocycles. The van der Waals surface area contributed by atoms with Gasteiger partial charge in [-0.3, -0.25) is 0 Å². The molecule has 0 radical (unpaired) electrons. The van der Waals surface area contributed by atoms with E-state index in [0.29, 0.717) is 0 Å². The van der Waals surface area contributed by atoms with E-state index in [1.807, 2.05) is 24.3 Å². The van der Waals surface area contributed by atoms with Crippen LogP contribution in [0, 0.1) is 10.1 Å². The number of nitrogens with zero attached hydrogens (tertiary/aromatic N) is 4. The van der Waals surface area contributed by atoms with Gasteiger partial charge in [-0.2, -0.15) is 15.4 Å². The zero-order chi connectivity index (χ0) is 13.9. The molecule has 0 amide bonds. The highest BCUT2D eigenvalue weighted by molar-refractivity contribution is 5.70. The van der Waals surface area contributed by atoms with E-state index in [1.165, 1.54) is 12.3 Å². The predicted octanol–water partition coefficient (Wildman–Crippen LogP) is 2.44. The molecule has 0 aliphatic heterocycles. The van der Waals surface area contributed by atoms with Gasteiger partial charge in [0.05, 0.1) is 6.20 Å². The second kappa shape index (κ2) is 4.88. The number of benzene rings is 1. The standard InChI is InChI=1S/C13H9N5O2/c19-18(20)13-5-4-11(7-14-13)9-2-1-3-10(6-9)12-8-15-17-16-12/h1-8H,(H,15,16,17). The van der Waals surface area contributed by atoms with Gasteiger partial charge in [0.1, 0.15) is 11.9 Å². The Morgan fingerprint density at radius 2 is 1.90 bits per heavy atom. The second-order valence-electron chi connectivity index (χ2n) is 4.10. The van der Waals surface area contributed by atoms with Crippen molar-refractivity contribution in [3.05, 3.63) is 58.9 Å². The molecule has 0 fully saturated rings. The number of aromatic amines is 1. The van der Waals surface area contributed by atoms with E-state index in [2.05, 4.69) is 20.4 Å². The summed E-state index contributed by atoms with van der Waals surface area (Å²) in [6, 6.07) is 10.7. The average molecular weight is 267 g/mol. The van der Waals surface area contributed by atoms with Crippen LogP contribution < -0.4 is 0 Å². The van der Waals surface area contributed by atoms with E-state index in [1.54, 1.807) is 12.3 Å². The first-order valence-corrected chi connectivity index (χ1v) is 5.81. The molecule has 0 spiro atoms. The molecule has 1 N–H and O–H groups in total. The summed E-state index contributed by atoms with van der Waals surface area (Å²) in [6.07, 6.45) is 3.12. The molecule has 0 atom stereocenters. The van der Waals surface area contributed by atoms with E-state index in [9.17, 15) is 10.1 Å². The minimum Gasteiger partial charge on any atom is -0.358 e. The lowest BCUT2D eigenvalue weighted by atomic mass is 10.0. The highest BCUT2D eigenvalue weighted by Gasteiger charge is 2.09. The Labute approximate surface area is 113 Å². The number of pyridine rings is 1. The Morgan fingerprint density at radius 1 is 1.05 bits per heavy atom. The lowest BCUT2D eigenvalue weighted by Crippen LogP contribution is -1.91. The predicted molar refractivity (Wildman–Crippen MR) is 71.7 cm³/mol. The van der Waals surface area contributed by atoms with E-state index in [-0.39, 0.29) is 5.82 Å². The molecular formula is C13H9N5O2. The fraction of sp³-hybridized carbons (Fsp3) is 0. The monoisotopic (exact) mass is 267 g/mol. The highest BCUT2D eigenvalue weighted by atomic mass is 16.6. The van der Waals surface area contributed by atoms with Crippen molar-refractivity contribution in [1.29, 1.82) is 0 Å². The molecule has 0 aliphatic carbocycles. The van der Waals surface area contributed by atoms with Crippen LogP contribution in [0.5, 0.6) is 0 Å². The molecule has 7 nitrogen and oxygen atoms in total. The number of hydrogen-bond acceptors (Lipinski definition) is 5. The summed E-state index contributed by atoms with van der Waals surface area (Å²) in [5, 5.41) is 20.9. The van der Waals surface area contributed by atoms with E-state index < -0.39 is 4.92 Å². The van der Waals surface area contributed by atoms with Crippen LogP contribution in [0.25, 0.3) is 22.4 Å². The van der Waals surface area contributed by atoms with Gasteiger partial charge in [-0.25, -0.2) is 0 Å². The van der Waals surface area contributed by atoms with Crippen LogP contribution >= 0.6 is 0 Å². The van der Waals surface area contributed by atoms with Crippen LogP contribution in [0.2, 0.25) is 0 Å². The van der Waals surface area contributed by atoms with Gasteiger partial charge in [0, 0.05) is 17.2 Å². The van der Waals surface area contributed by atoms with Gasteiger partial charge in [-0.05, 0) is 27.6 Å². The third kappa shape index (κ3) is 2.24. The molecule has 2 aromatic heterocycles. The quantitative estimate of drug-likeness (QED) is 0.580. The van der Waals surface area contributed by atoms with Crippen molar-refractivity contribution in [2.45, 2.75) is 0 Å². The molecule has 7 heteroatoms. The Balaban J connectivity index is 1.98. The summed E-state index contributed by atoms with van der Waals surface area (Å²) in [7, 11) is 0. The van der Waals surface area contributed by atoms with Crippen LogP contribution in [0.3, 0.4) is 0 Å². The lowest BCUT2D eigenvalue weighted by Gasteiger charge is -2.02. The Morgan fingerprint density at radius 3 is 2.55 bits per heavy atom. The van der Waals surface area contributed by atoms with E-state index >= 15 is 0 Å². The number of nitrogens with one attached hydrogen (secondary N) is 1. The van der Waals surface area contributed by atoms with Crippen LogP contribution in [0.4, 0.5) is 5.82 Å². The maximum Gasteiger partial charge on any atom is 0.363 e. The van der Waals surface area contributed by atoms with Crippen LogP contribution in [-0.4, -0.2) is 25.3 Å². The first kappa shape index (κ1) is 12.0. The number of rotatable bonds is 3. The van der Waals surface area contributed by atoms with Crippen molar-refractivity contribution >= 4 is 5.82 Å². The van der Waals surface area contributed by atoms with Crippen molar-refractivity contribution in [2.75, 3.05) is 0 Å². The van der Waals surface area contributed by atoms with Gasteiger partial charge in [-0.1, -0.05) is 18.2 Å². The largest absolute Gasteiger partial charge is 0.363 e. The summed E-state index contributed by atoms with van der Waals surface area (Å²) in [5.74, 6) is -0.165. The summed E-state index contributed by atoms with van der Waals surface area (Å²) in [4.78, 5) is 13.9. The molecule has 0 unspecified atom stereocenters. The Kier molecular flexibility index (Phi) is 2.92. The van der Waals surface area contributed by atoms with Crippen molar-refractivity contribution in [3.8, 4) is 22.4 Å². The molecule has 0 aliphatic rings. The molecule has 0 saturated carbocycles. The van der Waals surface area contributed by atoms with Crippen LogP contribution in [0.15, 0.2) is 48.8 Å². The average Bonchev–Trinajstić information content (AvgIpc) is 3.02. The third-order valence-corrected chi connectivity index (χ3v) is 2.84. The molecule has 98 valence electrons. The summed E-state index contributed by atoms with van der Waals surface area (Å²) in [5.41, 5.74) is 3.37. The number of hydrogen-bond donors (Lipinski definition) is 1. The van der Waals surface area contributed by atoms with E-state index in [4.69, 9.17) is 0 Å². The Hall–Kier alpha value is -3.09. The maximum absolute atomic E-state index is 10.6. The Bertz CT molecular complexity index is 738. The maximum atomic E-state index is 10.6. The lowest BCUT2D eigenvalue weighted by molar-refractivity contribution is -0.389. The normalized spacial score (nSPS) is 10.4. The van der Waals surface area contributed by atoms with Gasteiger partial charge in [0.15, 0.2) is 0 Å². The number of aromatic nitrogens is 4. The molecule has 20 heavy (non-hydrogen) atoms. The topological polar surface area (TPSA) is 97.6 Å².